The number of nitrogens with one attached hydrogen (secondary N) is 3. The van der Waals surface area contributed by atoms with Crippen molar-refractivity contribution in [3.8, 4) is 11.3 Å². The highest BCUT2D eigenvalue weighted by Crippen LogP contribution is 2.21. The molecule has 0 saturated carbocycles. The third kappa shape index (κ3) is 5.58. The number of nitrogens with two attached hydrogens (primary N) is 2. The van der Waals surface area contributed by atoms with Gasteiger partial charge in [0.2, 0.25) is 0 Å². The second kappa shape index (κ2) is 9.88. The standard InChI is InChI=1S/C23H21N9O/c24-20-12-10-16(14-26-20)22(33)32-30-19-9-5-4-8-18(19)27-23(25)28-21-13-11-17(29-31-21)15-6-2-1-3-7-15/h1-14,30H,(H2,24,26)(H,32,33)(H3,25,27,28,31). The van der Waals surface area contributed by atoms with Crippen LogP contribution in [0.1, 0.15) is 10.4 Å². The van der Waals surface area contributed by atoms with E-state index < -0.39 is 0 Å². The van der Waals surface area contributed by atoms with E-state index in [1.165, 1.54) is 6.20 Å². The van der Waals surface area contributed by atoms with Crippen LogP contribution in [-0.2, 0) is 0 Å². The lowest BCUT2D eigenvalue weighted by molar-refractivity contribution is 0.0962. The number of hydrogen-bond donors (Lipinski definition) is 5. The molecule has 0 radical (unpaired) electrons. The lowest BCUT2D eigenvalue weighted by Gasteiger charge is -2.14. The second-order valence-corrected chi connectivity index (χ2v) is 6.86. The summed E-state index contributed by atoms with van der Waals surface area (Å²) in [6, 6.07) is 23.6. The molecular formula is C23H21N9O. The van der Waals surface area contributed by atoms with Gasteiger partial charge in [0.25, 0.3) is 5.91 Å². The minimum atomic E-state index is -0.368. The number of rotatable bonds is 6. The number of carbonyl (C=O) groups is 1. The number of aromatic nitrogens is 3. The highest BCUT2D eigenvalue weighted by Gasteiger charge is 2.08. The lowest BCUT2D eigenvalue weighted by Crippen LogP contribution is -2.30. The number of hydrazine groups is 1. The van der Waals surface area contributed by atoms with Crippen molar-refractivity contribution in [2.24, 2.45) is 10.7 Å². The molecule has 0 unspecified atom stereocenters. The van der Waals surface area contributed by atoms with Crippen molar-refractivity contribution < 1.29 is 4.79 Å². The van der Waals surface area contributed by atoms with Crippen LogP contribution in [0.2, 0.25) is 0 Å². The molecule has 7 N–H and O–H groups in total. The summed E-state index contributed by atoms with van der Waals surface area (Å²) in [7, 11) is 0. The Labute approximate surface area is 189 Å². The number of para-hydroxylation sites is 2. The first-order valence-electron chi connectivity index (χ1n) is 9.96. The maximum absolute atomic E-state index is 12.3. The summed E-state index contributed by atoms with van der Waals surface area (Å²) in [5.41, 5.74) is 20.3. The molecule has 2 heterocycles. The molecule has 0 aliphatic heterocycles. The maximum Gasteiger partial charge on any atom is 0.271 e. The molecule has 2 aromatic carbocycles. The van der Waals surface area contributed by atoms with Gasteiger partial charge in [0, 0.05) is 11.8 Å². The van der Waals surface area contributed by atoms with E-state index >= 15 is 0 Å². The molecule has 0 atom stereocenters. The Hall–Kier alpha value is -4.99. The Kier molecular flexibility index (Phi) is 6.36. The Bertz CT molecular complexity index is 1260. The summed E-state index contributed by atoms with van der Waals surface area (Å²) in [6.45, 7) is 0. The molecule has 1 amide bonds. The number of carbonyl (C=O) groups excluding carboxylic acids is 1. The van der Waals surface area contributed by atoms with Crippen LogP contribution in [0.4, 0.5) is 23.0 Å². The zero-order valence-corrected chi connectivity index (χ0v) is 17.4. The van der Waals surface area contributed by atoms with Crippen LogP contribution in [0.25, 0.3) is 11.3 Å². The van der Waals surface area contributed by atoms with E-state index in [9.17, 15) is 4.79 Å². The fourth-order valence-electron chi connectivity index (χ4n) is 2.87. The highest BCUT2D eigenvalue weighted by atomic mass is 16.2. The summed E-state index contributed by atoms with van der Waals surface area (Å²) >= 11 is 0. The van der Waals surface area contributed by atoms with E-state index in [1.54, 1.807) is 30.3 Å². The molecule has 0 bridgehead atoms. The van der Waals surface area contributed by atoms with Gasteiger partial charge in [-0.25, -0.2) is 4.98 Å². The molecule has 0 aliphatic rings. The van der Waals surface area contributed by atoms with Crippen molar-refractivity contribution in [3.63, 3.8) is 0 Å². The molecule has 0 fully saturated rings. The molecule has 164 valence electrons. The van der Waals surface area contributed by atoms with Crippen LogP contribution in [0.15, 0.2) is 90.1 Å². The van der Waals surface area contributed by atoms with E-state index in [0.29, 0.717) is 28.6 Å². The van der Waals surface area contributed by atoms with Crippen molar-refractivity contribution in [2.75, 3.05) is 16.5 Å². The molecule has 0 spiro atoms. The third-order valence-electron chi connectivity index (χ3n) is 4.50. The molecule has 10 heteroatoms. The number of nitrogens with zero attached hydrogens (tertiary/aromatic N) is 4. The number of pyridine rings is 1. The molecular weight excluding hydrogens is 418 g/mol. The number of hydrogen-bond acceptors (Lipinski definition) is 7. The summed E-state index contributed by atoms with van der Waals surface area (Å²) in [6.07, 6.45) is 1.39. The van der Waals surface area contributed by atoms with Gasteiger partial charge in [-0.15, -0.1) is 10.2 Å². The van der Waals surface area contributed by atoms with Crippen LogP contribution in [0.5, 0.6) is 0 Å². The largest absolute Gasteiger partial charge is 0.384 e. The van der Waals surface area contributed by atoms with Crippen molar-refractivity contribution in [1.29, 1.82) is 0 Å². The lowest BCUT2D eigenvalue weighted by atomic mass is 10.1. The Morgan fingerprint density at radius 2 is 1.61 bits per heavy atom. The van der Waals surface area contributed by atoms with Gasteiger partial charge < -0.3 is 16.8 Å². The Morgan fingerprint density at radius 3 is 2.30 bits per heavy atom. The molecule has 4 rings (SSSR count). The van der Waals surface area contributed by atoms with Crippen LogP contribution < -0.4 is 27.6 Å². The van der Waals surface area contributed by atoms with Crippen molar-refractivity contribution in [3.05, 3.63) is 90.6 Å². The maximum atomic E-state index is 12.3. The zero-order valence-electron chi connectivity index (χ0n) is 17.4. The molecule has 0 aliphatic carbocycles. The number of amides is 1. The SMILES string of the molecule is NC(=Nc1ccc(-c2ccccc2)nn1)Nc1ccccc1NNC(=O)c1ccc(N)nc1. The molecule has 10 nitrogen and oxygen atoms in total. The summed E-state index contributed by atoms with van der Waals surface area (Å²) in [4.78, 5) is 20.5. The van der Waals surface area contributed by atoms with Crippen molar-refractivity contribution >= 4 is 34.9 Å². The molecule has 2 aromatic heterocycles. The molecule has 33 heavy (non-hydrogen) atoms. The van der Waals surface area contributed by atoms with Gasteiger partial charge in [0.05, 0.1) is 22.6 Å². The first-order valence-corrected chi connectivity index (χ1v) is 9.96. The van der Waals surface area contributed by atoms with Crippen LogP contribution in [0.3, 0.4) is 0 Å². The van der Waals surface area contributed by atoms with E-state index in [0.717, 1.165) is 11.3 Å². The van der Waals surface area contributed by atoms with Gasteiger partial charge in [-0.1, -0.05) is 42.5 Å². The van der Waals surface area contributed by atoms with Crippen molar-refractivity contribution in [2.45, 2.75) is 0 Å². The number of nitrogen functional groups attached to an aromatic ring is 1. The topological polar surface area (TPSA) is 156 Å². The van der Waals surface area contributed by atoms with Gasteiger partial charge in [-0.05, 0) is 36.4 Å². The molecule has 4 aromatic rings. The monoisotopic (exact) mass is 439 g/mol. The van der Waals surface area contributed by atoms with Crippen molar-refractivity contribution in [1.82, 2.24) is 20.6 Å². The number of benzene rings is 2. The van der Waals surface area contributed by atoms with Crippen LogP contribution in [0, 0.1) is 0 Å². The van der Waals surface area contributed by atoms with E-state index in [2.05, 4.69) is 36.3 Å². The average molecular weight is 439 g/mol. The molecule has 0 saturated heterocycles. The Balaban J connectivity index is 1.42. The summed E-state index contributed by atoms with van der Waals surface area (Å²) < 4.78 is 0. The first kappa shape index (κ1) is 21.2. The summed E-state index contributed by atoms with van der Waals surface area (Å²) in [5.74, 6) is 0.435. The van der Waals surface area contributed by atoms with Crippen LogP contribution in [-0.4, -0.2) is 27.0 Å². The quantitative estimate of drug-likeness (QED) is 0.174. The second-order valence-electron chi connectivity index (χ2n) is 6.86. The predicted molar refractivity (Wildman–Crippen MR) is 129 cm³/mol. The van der Waals surface area contributed by atoms with E-state index in [1.807, 2.05) is 48.5 Å². The average Bonchev–Trinajstić information content (AvgIpc) is 2.85. The van der Waals surface area contributed by atoms with E-state index in [4.69, 9.17) is 11.5 Å². The van der Waals surface area contributed by atoms with Gasteiger partial charge >= 0.3 is 0 Å². The van der Waals surface area contributed by atoms with Gasteiger partial charge in [-0.2, -0.15) is 4.99 Å². The fourth-order valence-corrected chi connectivity index (χ4v) is 2.87. The predicted octanol–water partition coefficient (Wildman–Crippen LogP) is 2.94. The van der Waals surface area contributed by atoms with Crippen LogP contribution >= 0.6 is 0 Å². The minimum Gasteiger partial charge on any atom is -0.384 e. The zero-order chi connectivity index (χ0) is 23.0. The number of aliphatic imine (C=N–C) groups is 1. The smallest absolute Gasteiger partial charge is 0.271 e. The number of guanidine groups is 1. The summed E-state index contributed by atoms with van der Waals surface area (Å²) in [5, 5.41) is 11.3. The minimum absolute atomic E-state index is 0.111. The first-order chi connectivity index (χ1) is 16.1. The fraction of sp³-hybridized carbons (Fsp3) is 0. The van der Waals surface area contributed by atoms with Gasteiger partial charge in [0.15, 0.2) is 11.8 Å². The Morgan fingerprint density at radius 1 is 0.848 bits per heavy atom. The van der Waals surface area contributed by atoms with E-state index in [-0.39, 0.29) is 11.9 Å². The normalized spacial score (nSPS) is 11.0. The van der Waals surface area contributed by atoms with Gasteiger partial charge in [-0.3, -0.25) is 15.6 Å². The third-order valence-corrected chi connectivity index (χ3v) is 4.50. The number of anilines is 3. The van der Waals surface area contributed by atoms with Gasteiger partial charge in [0.1, 0.15) is 5.82 Å². The highest BCUT2D eigenvalue weighted by molar-refractivity contribution is 5.98.